The zero-order chi connectivity index (χ0) is 15.2. The molecule has 3 rings (SSSR count). The second-order valence-corrected chi connectivity index (χ2v) is 4.88. The van der Waals surface area contributed by atoms with Gasteiger partial charge < -0.3 is 19.5 Å². The maximum atomic E-state index is 13.0. The van der Waals surface area contributed by atoms with Crippen LogP contribution in [0, 0.1) is 5.92 Å². The summed E-state index contributed by atoms with van der Waals surface area (Å²) in [5.74, 6) is -2.21. The number of carboxylic acids is 1. The van der Waals surface area contributed by atoms with Crippen LogP contribution in [0.2, 0.25) is 0 Å². The topological polar surface area (TPSA) is 76.1 Å². The van der Waals surface area contributed by atoms with Gasteiger partial charge in [0.25, 0.3) is 0 Å². The molecule has 6 nitrogen and oxygen atoms in total. The van der Waals surface area contributed by atoms with Gasteiger partial charge in [-0.1, -0.05) is 0 Å². The number of rotatable bonds is 2. The van der Waals surface area contributed by atoms with Gasteiger partial charge in [0.2, 0.25) is 5.91 Å². The molecule has 1 unspecified atom stereocenters. The molecule has 0 aromatic heterocycles. The lowest BCUT2D eigenvalue weighted by Gasteiger charge is -2.30. The van der Waals surface area contributed by atoms with Gasteiger partial charge >= 0.3 is 12.3 Å². The van der Waals surface area contributed by atoms with E-state index in [1.165, 1.54) is 23.1 Å². The maximum absolute atomic E-state index is 13.0. The summed E-state index contributed by atoms with van der Waals surface area (Å²) in [6.07, 6.45) is -3.36. The predicted molar refractivity (Wildman–Crippen MR) is 65.4 cm³/mol. The van der Waals surface area contributed by atoms with Gasteiger partial charge in [-0.3, -0.25) is 9.59 Å². The number of aliphatic carboxylic acids is 1. The van der Waals surface area contributed by atoms with Gasteiger partial charge in [-0.25, -0.2) is 0 Å². The van der Waals surface area contributed by atoms with E-state index in [1.807, 2.05) is 0 Å². The number of alkyl halides is 2. The largest absolute Gasteiger partial charge is 0.586 e. The average Bonchev–Trinajstić information content (AvgIpc) is 2.71. The number of piperidine rings is 1. The summed E-state index contributed by atoms with van der Waals surface area (Å²) in [6.45, 7) is 0.00417. The number of nitrogens with zero attached hydrogens (tertiary/aromatic N) is 1. The lowest BCUT2D eigenvalue weighted by Crippen LogP contribution is -2.42. The van der Waals surface area contributed by atoms with Gasteiger partial charge in [0, 0.05) is 24.7 Å². The van der Waals surface area contributed by atoms with E-state index in [4.69, 9.17) is 5.11 Å². The van der Waals surface area contributed by atoms with Crippen molar-refractivity contribution in [2.24, 2.45) is 5.92 Å². The number of carboxylic acid groups (broad SMARTS) is 1. The first-order chi connectivity index (χ1) is 9.85. The van der Waals surface area contributed by atoms with Crippen molar-refractivity contribution in [3.8, 4) is 11.5 Å². The molecular formula is C13H11F2NO5. The fraction of sp³-hybridized carbons (Fsp3) is 0.385. The minimum absolute atomic E-state index is 0.00417. The Bertz CT molecular complexity index is 619. The molecule has 0 bridgehead atoms. The third-order valence-electron chi connectivity index (χ3n) is 3.46. The van der Waals surface area contributed by atoms with Crippen LogP contribution in [-0.4, -0.2) is 29.8 Å². The first-order valence-corrected chi connectivity index (χ1v) is 6.29. The summed E-state index contributed by atoms with van der Waals surface area (Å²) in [4.78, 5) is 24.2. The second-order valence-electron chi connectivity index (χ2n) is 4.88. The van der Waals surface area contributed by atoms with Crippen molar-refractivity contribution in [3.05, 3.63) is 18.2 Å². The number of ether oxygens (including phenoxy) is 2. The van der Waals surface area contributed by atoms with Crippen LogP contribution in [0.3, 0.4) is 0 Å². The predicted octanol–water partition coefficient (Wildman–Crippen LogP) is 1.84. The Labute approximate surface area is 117 Å². The van der Waals surface area contributed by atoms with E-state index in [1.54, 1.807) is 0 Å². The number of carbonyl (C=O) groups excluding carboxylic acids is 1. The van der Waals surface area contributed by atoms with E-state index in [0.29, 0.717) is 5.69 Å². The van der Waals surface area contributed by atoms with E-state index in [2.05, 4.69) is 9.47 Å². The summed E-state index contributed by atoms with van der Waals surface area (Å²) in [5.41, 5.74) is 0.311. The van der Waals surface area contributed by atoms with Gasteiger partial charge in [-0.05, 0) is 18.6 Å². The Kier molecular flexibility index (Phi) is 2.96. The quantitative estimate of drug-likeness (QED) is 0.901. The van der Waals surface area contributed by atoms with Crippen molar-refractivity contribution >= 4 is 17.6 Å². The maximum Gasteiger partial charge on any atom is 0.586 e. The molecule has 0 radical (unpaired) electrons. The highest BCUT2D eigenvalue weighted by molar-refractivity contribution is 5.95. The van der Waals surface area contributed by atoms with Gasteiger partial charge in [0.1, 0.15) is 0 Å². The Morgan fingerprint density at radius 2 is 2.05 bits per heavy atom. The molecule has 1 amide bonds. The van der Waals surface area contributed by atoms with Crippen molar-refractivity contribution in [2.75, 3.05) is 11.4 Å². The molecule has 8 heteroatoms. The Morgan fingerprint density at radius 3 is 2.76 bits per heavy atom. The summed E-state index contributed by atoms with van der Waals surface area (Å²) < 4.78 is 34.5. The van der Waals surface area contributed by atoms with E-state index in [-0.39, 0.29) is 36.8 Å². The number of fused-ring (bicyclic) bond motifs is 1. The average molecular weight is 299 g/mol. The van der Waals surface area contributed by atoms with Crippen LogP contribution in [-0.2, 0) is 9.59 Å². The highest BCUT2D eigenvalue weighted by atomic mass is 19.3. The lowest BCUT2D eigenvalue weighted by atomic mass is 9.97. The Hall–Kier alpha value is -2.38. The zero-order valence-electron chi connectivity index (χ0n) is 10.7. The van der Waals surface area contributed by atoms with Gasteiger partial charge in [-0.15, -0.1) is 8.78 Å². The number of benzene rings is 1. The van der Waals surface area contributed by atoms with Gasteiger partial charge in [-0.2, -0.15) is 0 Å². The Morgan fingerprint density at radius 1 is 1.33 bits per heavy atom. The van der Waals surface area contributed by atoms with Crippen LogP contribution >= 0.6 is 0 Å². The number of carbonyl (C=O) groups is 2. The van der Waals surface area contributed by atoms with Gasteiger partial charge in [0.15, 0.2) is 11.5 Å². The highest BCUT2D eigenvalue weighted by Gasteiger charge is 2.44. The van der Waals surface area contributed by atoms with E-state index in [0.717, 1.165) is 0 Å². The van der Waals surface area contributed by atoms with Crippen LogP contribution in [0.5, 0.6) is 11.5 Å². The third-order valence-corrected chi connectivity index (χ3v) is 3.46. The summed E-state index contributed by atoms with van der Waals surface area (Å²) >= 11 is 0. The monoisotopic (exact) mass is 299 g/mol. The molecule has 1 aromatic rings. The Balaban J connectivity index is 1.87. The fourth-order valence-electron chi connectivity index (χ4n) is 2.40. The number of amides is 1. The van der Waals surface area contributed by atoms with Crippen molar-refractivity contribution < 1.29 is 33.0 Å². The summed E-state index contributed by atoms with van der Waals surface area (Å²) in [7, 11) is 0. The van der Waals surface area contributed by atoms with E-state index in [9.17, 15) is 18.4 Å². The SMILES string of the molecule is O=C(O)C1CCC(=O)N(c2ccc3c(c2)OC(F)(F)O3)C1. The zero-order valence-corrected chi connectivity index (χ0v) is 10.7. The molecule has 1 atom stereocenters. The van der Waals surface area contributed by atoms with Gasteiger partial charge in [0.05, 0.1) is 5.92 Å². The molecule has 0 saturated carbocycles. The van der Waals surface area contributed by atoms with E-state index >= 15 is 0 Å². The molecule has 1 saturated heterocycles. The van der Waals surface area contributed by atoms with Crippen molar-refractivity contribution in [1.29, 1.82) is 0 Å². The first kappa shape index (κ1) is 13.6. The number of hydrogen-bond acceptors (Lipinski definition) is 4. The van der Waals surface area contributed by atoms with Crippen molar-refractivity contribution in [2.45, 2.75) is 19.1 Å². The summed E-state index contributed by atoms with van der Waals surface area (Å²) in [6, 6.07) is 3.94. The smallest absolute Gasteiger partial charge is 0.481 e. The molecule has 2 aliphatic heterocycles. The molecule has 2 heterocycles. The molecule has 112 valence electrons. The lowest BCUT2D eigenvalue weighted by molar-refractivity contribution is -0.286. The van der Waals surface area contributed by atoms with E-state index < -0.39 is 18.2 Å². The van der Waals surface area contributed by atoms with Crippen LogP contribution in [0.1, 0.15) is 12.8 Å². The third kappa shape index (κ3) is 2.48. The molecule has 2 aliphatic rings. The minimum atomic E-state index is -3.73. The van der Waals surface area contributed by atoms with Crippen LogP contribution in [0.25, 0.3) is 0 Å². The molecule has 1 N–H and O–H groups in total. The standard InChI is InChI=1S/C13H11F2NO5/c14-13(15)20-9-3-2-8(5-10(9)21-13)16-6-7(12(18)19)1-4-11(16)17/h2-3,5,7H,1,4,6H2,(H,18,19). The highest BCUT2D eigenvalue weighted by Crippen LogP contribution is 2.43. The molecular weight excluding hydrogens is 288 g/mol. The molecule has 21 heavy (non-hydrogen) atoms. The number of anilines is 1. The van der Waals surface area contributed by atoms with Crippen LogP contribution < -0.4 is 14.4 Å². The van der Waals surface area contributed by atoms with Crippen LogP contribution in [0.15, 0.2) is 18.2 Å². The molecule has 0 spiro atoms. The first-order valence-electron chi connectivity index (χ1n) is 6.29. The van der Waals surface area contributed by atoms with Crippen LogP contribution in [0.4, 0.5) is 14.5 Å². The minimum Gasteiger partial charge on any atom is -0.481 e. The van der Waals surface area contributed by atoms with Crippen molar-refractivity contribution in [1.82, 2.24) is 0 Å². The summed E-state index contributed by atoms with van der Waals surface area (Å²) in [5, 5.41) is 9.03. The second kappa shape index (κ2) is 4.57. The molecule has 1 fully saturated rings. The normalized spacial score (nSPS) is 23.2. The fourth-order valence-corrected chi connectivity index (χ4v) is 2.40. The number of halogens is 2. The molecule has 0 aliphatic carbocycles. The van der Waals surface area contributed by atoms with Crippen molar-refractivity contribution in [3.63, 3.8) is 0 Å². The molecule has 1 aromatic carbocycles. The number of hydrogen-bond donors (Lipinski definition) is 1.